The Balaban J connectivity index is 1.68. The second-order valence-corrected chi connectivity index (χ2v) is 6.74. The van der Waals surface area contributed by atoms with Crippen molar-refractivity contribution in [1.29, 1.82) is 0 Å². The van der Waals surface area contributed by atoms with Crippen molar-refractivity contribution in [3.63, 3.8) is 0 Å². The summed E-state index contributed by atoms with van der Waals surface area (Å²) < 4.78 is 39.8. The lowest BCUT2D eigenvalue weighted by Gasteiger charge is -2.29. The van der Waals surface area contributed by atoms with Gasteiger partial charge in [-0.1, -0.05) is 30.3 Å². The van der Waals surface area contributed by atoms with Gasteiger partial charge in [-0.2, -0.15) is 0 Å². The Morgan fingerprint density at radius 1 is 1.04 bits per heavy atom. The summed E-state index contributed by atoms with van der Waals surface area (Å²) in [6.07, 6.45) is 3.38. The van der Waals surface area contributed by atoms with Gasteiger partial charge in [-0.15, -0.1) is 6.58 Å². The molecule has 3 nitrogen and oxygen atoms in total. The Kier molecular flexibility index (Phi) is 6.72. The summed E-state index contributed by atoms with van der Waals surface area (Å²) in [5.41, 5.74) is 1.94. The lowest BCUT2D eigenvalue weighted by atomic mass is 10.00. The average Bonchev–Trinajstić information content (AvgIpc) is 2.69. The molecule has 1 aliphatic rings. The van der Waals surface area contributed by atoms with E-state index in [1.807, 2.05) is 18.2 Å². The second kappa shape index (κ2) is 9.22. The van der Waals surface area contributed by atoms with E-state index in [4.69, 9.17) is 14.6 Å². The topological polar surface area (TPSA) is 38.7 Å². The first-order valence-electron chi connectivity index (χ1n) is 9.15. The Morgan fingerprint density at radius 3 is 2.22 bits per heavy atom. The SMILES string of the molecule is C=CCCC1COC(c2ccc(-c3cc(F)c(CCO)c(F)c3)cc2)OC1. The van der Waals surface area contributed by atoms with Gasteiger partial charge in [-0.05, 0) is 36.1 Å². The Labute approximate surface area is 158 Å². The third-order valence-corrected chi connectivity index (χ3v) is 4.76. The lowest BCUT2D eigenvalue weighted by molar-refractivity contribution is -0.205. The molecule has 144 valence electrons. The number of allylic oxidation sites excluding steroid dienone is 1. The van der Waals surface area contributed by atoms with Crippen LogP contribution in [0.2, 0.25) is 0 Å². The van der Waals surface area contributed by atoms with Crippen molar-refractivity contribution in [2.75, 3.05) is 19.8 Å². The predicted octanol–water partition coefficient (Wildman–Crippen LogP) is 4.79. The van der Waals surface area contributed by atoms with Gasteiger partial charge < -0.3 is 14.6 Å². The highest BCUT2D eigenvalue weighted by Gasteiger charge is 2.23. The molecule has 1 aliphatic heterocycles. The van der Waals surface area contributed by atoms with Gasteiger partial charge in [0.05, 0.1) is 13.2 Å². The fourth-order valence-electron chi connectivity index (χ4n) is 3.21. The van der Waals surface area contributed by atoms with Gasteiger partial charge in [0.1, 0.15) is 11.6 Å². The molecule has 1 N–H and O–H groups in total. The van der Waals surface area contributed by atoms with E-state index in [9.17, 15) is 8.78 Å². The zero-order valence-electron chi connectivity index (χ0n) is 15.2. The minimum atomic E-state index is -0.646. The van der Waals surface area contributed by atoms with Crippen molar-refractivity contribution in [3.05, 3.63) is 71.8 Å². The molecular formula is C22H24F2O3. The van der Waals surface area contributed by atoms with Crippen molar-refractivity contribution in [2.24, 2.45) is 5.92 Å². The van der Waals surface area contributed by atoms with Crippen molar-refractivity contribution in [2.45, 2.75) is 25.6 Å². The number of ether oxygens (including phenoxy) is 2. The van der Waals surface area contributed by atoms with E-state index in [1.54, 1.807) is 12.1 Å². The molecule has 2 aromatic carbocycles. The van der Waals surface area contributed by atoms with E-state index in [2.05, 4.69) is 6.58 Å². The Bertz CT molecular complexity index is 743. The fourth-order valence-corrected chi connectivity index (χ4v) is 3.21. The van der Waals surface area contributed by atoms with Crippen molar-refractivity contribution in [3.8, 4) is 11.1 Å². The normalized spacial score (nSPS) is 19.8. The van der Waals surface area contributed by atoms with Gasteiger partial charge in [0.2, 0.25) is 0 Å². The van der Waals surface area contributed by atoms with Crippen LogP contribution in [0, 0.1) is 17.6 Å². The van der Waals surface area contributed by atoms with Crippen LogP contribution in [0.15, 0.2) is 49.1 Å². The summed E-state index contributed by atoms with van der Waals surface area (Å²) in [5.74, 6) is -0.915. The van der Waals surface area contributed by atoms with Crippen LogP contribution in [0.3, 0.4) is 0 Å². The number of benzene rings is 2. The number of halogens is 2. The number of aliphatic hydroxyl groups excluding tert-OH is 1. The first-order valence-corrected chi connectivity index (χ1v) is 9.15. The van der Waals surface area contributed by atoms with Crippen LogP contribution in [0.1, 0.15) is 30.3 Å². The van der Waals surface area contributed by atoms with Gasteiger partial charge in [0, 0.05) is 30.1 Å². The van der Waals surface area contributed by atoms with E-state index in [0.717, 1.165) is 18.4 Å². The molecule has 0 radical (unpaired) electrons. The van der Waals surface area contributed by atoms with Gasteiger partial charge in [0.25, 0.3) is 0 Å². The fraction of sp³-hybridized carbons (Fsp3) is 0.364. The summed E-state index contributed by atoms with van der Waals surface area (Å²) in [4.78, 5) is 0. The summed E-state index contributed by atoms with van der Waals surface area (Å²) in [5, 5.41) is 8.91. The molecule has 5 heteroatoms. The van der Waals surface area contributed by atoms with E-state index in [0.29, 0.717) is 30.3 Å². The average molecular weight is 374 g/mol. The molecule has 0 unspecified atom stereocenters. The van der Waals surface area contributed by atoms with Gasteiger partial charge >= 0.3 is 0 Å². The van der Waals surface area contributed by atoms with Gasteiger partial charge in [-0.3, -0.25) is 0 Å². The minimum Gasteiger partial charge on any atom is -0.396 e. The molecule has 0 amide bonds. The molecule has 0 spiro atoms. The van der Waals surface area contributed by atoms with E-state index < -0.39 is 17.9 Å². The minimum absolute atomic E-state index is 0.0406. The maximum absolute atomic E-state index is 14.1. The highest BCUT2D eigenvalue weighted by molar-refractivity contribution is 5.64. The number of hydrogen-bond acceptors (Lipinski definition) is 3. The Hall–Kier alpha value is -2.08. The monoisotopic (exact) mass is 374 g/mol. The maximum atomic E-state index is 14.1. The van der Waals surface area contributed by atoms with E-state index >= 15 is 0 Å². The molecule has 0 saturated carbocycles. The molecule has 0 bridgehead atoms. The molecule has 2 aromatic rings. The van der Waals surface area contributed by atoms with Crippen molar-refractivity contribution >= 4 is 0 Å². The molecule has 1 heterocycles. The second-order valence-electron chi connectivity index (χ2n) is 6.74. The molecule has 1 fully saturated rings. The number of rotatable bonds is 7. The predicted molar refractivity (Wildman–Crippen MR) is 100 cm³/mol. The third kappa shape index (κ3) is 4.80. The highest BCUT2D eigenvalue weighted by atomic mass is 19.1. The number of aliphatic hydroxyl groups is 1. The van der Waals surface area contributed by atoms with Crippen LogP contribution in [0.5, 0.6) is 0 Å². The Morgan fingerprint density at radius 2 is 1.67 bits per heavy atom. The zero-order valence-corrected chi connectivity index (χ0v) is 15.2. The molecule has 0 atom stereocenters. The number of hydrogen-bond donors (Lipinski definition) is 1. The maximum Gasteiger partial charge on any atom is 0.183 e. The van der Waals surface area contributed by atoms with Crippen molar-refractivity contribution in [1.82, 2.24) is 0 Å². The van der Waals surface area contributed by atoms with Crippen LogP contribution >= 0.6 is 0 Å². The molecule has 1 saturated heterocycles. The van der Waals surface area contributed by atoms with Gasteiger partial charge in [-0.25, -0.2) is 8.78 Å². The highest BCUT2D eigenvalue weighted by Crippen LogP contribution is 2.30. The summed E-state index contributed by atoms with van der Waals surface area (Å²) >= 11 is 0. The quantitative estimate of drug-likeness (QED) is 0.708. The van der Waals surface area contributed by atoms with E-state index in [-0.39, 0.29) is 18.6 Å². The lowest BCUT2D eigenvalue weighted by Crippen LogP contribution is -2.26. The molecule has 0 aromatic heterocycles. The molecular weight excluding hydrogens is 350 g/mol. The van der Waals surface area contributed by atoms with E-state index in [1.165, 1.54) is 12.1 Å². The third-order valence-electron chi connectivity index (χ3n) is 4.76. The molecule has 0 aliphatic carbocycles. The summed E-state index contributed by atoms with van der Waals surface area (Å²) in [7, 11) is 0. The van der Waals surface area contributed by atoms with Crippen LogP contribution in [0.25, 0.3) is 11.1 Å². The van der Waals surface area contributed by atoms with Crippen molar-refractivity contribution < 1.29 is 23.4 Å². The first kappa shape index (κ1) is 19.7. The van der Waals surface area contributed by atoms with Crippen LogP contribution in [-0.2, 0) is 15.9 Å². The smallest absolute Gasteiger partial charge is 0.183 e. The van der Waals surface area contributed by atoms with Gasteiger partial charge in [0.15, 0.2) is 6.29 Å². The largest absolute Gasteiger partial charge is 0.396 e. The molecule has 3 rings (SSSR count). The first-order chi connectivity index (χ1) is 13.1. The van der Waals surface area contributed by atoms with Crippen LogP contribution < -0.4 is 0 Å². The van der Waals surface area contributed by atoms with Crippen LogP contribution in [-0.4, -0.2) is 24.9 Å². The standard InChI is InChI=1S/C22H24F2O3/c1-2-3-4-15-13-26-22(27-14-15)17-7-5-16(6-8-17)18-11-20(23)19(9-10-25)21(24)12-18/h2,5-8,11-12,15,22,25H,1,3-4,9-10,13-14H2. The summed E-state index contributed by atoms with van der Waals surface area (Å²) in [6.45, 7) is 4.72. The summed E-state index contributed by atoms with van der Waals surface area (Å²) in [6, 6.07) is 9.88. The molecule has 27 heavy (non-hydrogen) atoms. The van der Waals surface area contributed by atoms with Crippen LogP contribution in [0.4, 0.5) is 8.78 Å². The zero-order chi connectivity index (χ0) is 19.2.